The Kier molecular flexibility index (Phi) is 6.74. The van der Waals surface area contributed by atoms with E-state index in [1.165, 1.54) is 11.8 Å². The minimum absolute atomic E-state index is 0.122. The highest BCUT2D eigenvalue weighted by Crippen LogP contribution is 2.23. The Labute approximate surface area is 196 Å². The first-order chi connectivity index (χ1) is 15.9. The highest BCUT2D eigenvalue weighted by molar-refractivity contribution is 7.99. The molecule has 0 bridgehead atoms. The van der Waals surface area contributed by atoms with Crippen LogP contribution in [0, 0.1) is 20.8 Å². The van der Waals surface area contributed by atoms with Crippen molar-refractivity contribution < 1.29 is 9.59 Å². The zero-order valence-electron chi connectivity index (χ0n) is 18.8. The van der Waals surface area contributed by atoms with Crippen molar-refractivity contribution in [2.45, 2.75) is 32.5 Å². The Morgan fingerprint density at radius 2 is 1.70 bits per heavy atom. The van der Waals surface area contributed by atoms with Gasteiger partial charge in [-0.15, -0.1) is 10.2 Å². The fourth-order valence-electron chi connectivity index (χ4n) is 3.67. The third-order valence-electron chi connectivity index (χ3n) is 5.20. The lowest BCUT2D eigenvalue weighted by Crippen LogP contribution is -2.23. The van der Waals surface area contributed by atoms with Gasteiger partial charge in [-0.3, -0.25) is 14.0 Å². The Hall–Kier alpha value is -3.65. The monoisotopic (exact) mass is 459 g/mol. The fourth-order valence-corrected chi connectivity index (χ4v) is 4.38. The lowest BCUT2D eigenvalue weighted by Gasteiger charge is -2.12. The van der Waals surface area contributed by atoms with Gasteiger partial charge in [0.25, 0.3) is 5.91 Å². The van der Waals surface area contributed by atoms with Crippen LogP contribution in [0.5, 0.6) is 0 Å². The molecule has 0 radical (unpaired) electrons. The van der Waals surface area contributed by atoms with Crippen molar-refractivity contribution in [3.05, 3.63) is 88.6 Å². The summed E-state index contributed by atoms with van der Waals surface area (Å²) in [4.78, 5) is 25.2. The van der Waals surface area contributed by atoms with Crippen molar-refractivity contribution >= 4 is 34.9 Å². The van der Waals surface area contributed by atoms with Gasteiger partial charge < -0.3 is 10.6 Å². The Balaban J connectivity index is 1.42. The summed E-state index contributed by atoms with van der Waals surface area (Å²) in [5.41, 5.74) is 6.20. The number of carbonyl (C=O) groups is 2. The number of pyridine rings is 1. The lowest BCUT2D eigenvalue weighted by atomic mass is 10.1. The molecule has 2 aromatic heterocycles. The molecule has 0 spiro atoms. The van der Waals surface area contributed by atoms with Crippen molar-refractivity contribution in [3.63, 3.8) is 0 Å². The number of benzene rings is 2. The molecule has 33 heavy (non-hydrogen) atoms. The number of anilines is 1. The zero-order chi connectivity index (χ0) is 23.4. The van der Waals surface area contributed by atoms with E-state index in [0.717, 1.165) is 27.9 Å². The van der Waals surface area contributed by atoms with Gasteiger partial charge in [-0.1, -0.05) is 59.8 Å². The van der Waals surface area contributed by atoms with E-state index >= 15 is 0 Å². The molecule has 2 heterocycles. The number of rotatable bonds is 7. The van der Waals surface area contributed by atoms with Crippen LogP contribution in [0.25, 0.3) is 5.65 Å². The lowest BCUT2D eigenvalue weighted by molar-refractivity contribution is -0.113. The molecule has 4 aromatic rings. The Bertz CT molecular complexity index is 1290. The van der Waals surface area contributed by atoms with Crippen LogP contribution in [0.3, 0.4) is 0 Å². The van der Waals surface area contributed by atoms with Crippen LogP contribution < -0.4 is 10.6 Å². The molecule has 2 aromatic carbocycles. The van der Waals surface area contributed by atoms with E-state index < -0.39 is 0 Å². The molecule has 2 N–H and O–H groups in total. The molecule has 168 valence electrons. The van der Waals surface area contributed by atoms with Crippen LogP contribution in [-0.2, 0) is 11.3 Å². The van der Waals surface area contributed by atoms with Crippen LogP contribution in [0.1, 0.15) is 32.6 Å². The van der Waals surface area contributed by atoms with Crippen molar-refractivity contribution in [2.24, 2.45) is 0 Å². The minimum Gasteiger partial charge on any atom is -0.348 e. The predicted molar refractivity (Wildman–Crippen MR) is 131 cm³/mol. The summed E-state index contributed by atoms with van der Waals surface area (Å²) in [7, 11) is 0. The molecular formula is C25H25N5O2S. The van der Waals surface area contributed by atoms with Crippen molar-refractivity contribution in [1.82, 2.24) is 19.9 Å². The number of carbonyl (C=O) groups excluding carboxylic acids is 2. The second-order valence-corrected chi connectivity index (χ2v) is 8.85. The van der Waals surface area contributed by atoms with Crippen LogP contribution in [0.2, 0.25) is 0 Å². The van der Waals surface area contributed by atoms with Crippen molar-refractivity contribution in [2.75, 3.05) is 11.1 Å². The summed E-state index contributed by atoms with van der Waals surface area (Å²) in [6, 6.07) is 17.3. The van der Waals surface area contributed by atoms with Gasteiger partial charge in [0.2, 0.25) is 5.91 Å². The summed E-state index contributed by atoms with van der Waals surface area (Å²) in [5, 5.41) is 14.8. The Morgan fingerprint density at radius 1 is 0.970 bits per heavy atom. The summed E-state index contributed by atoms with van der Waals surface area (Å²) in [6.07, 6.45) is 1.70. The van der Waals surface area contributed by atoms with E-state index in [2.05, 4.69) is 20.8 Å². The number of fused-ring (bicyclic) bond motifs is 1. The highest BCUT2D eigenvalue weighted by atomic mass is 32.2. The van der Waals surface area contributed by atoms with Gasteiger partial charge in [-0.25, -0.2) is 0 Å². The van der Waals surface area contributed by atoms with Gasteiger partial charge in [-0.2, -0.15) is 0 Å². The first kappa shape index (κ1) is 22.5. The molecule has 0 aliphatic rings. The Morgan fingerprint density at radius 3 is 2.42 bits per heavy atom. The predicted octanol–water partition coefficient (Wildman–Crippen LogP) is 4.32. The second-order valence-electron chi connectivity index (χ2n) is 7.91. The summed E-state index contributed by atoms with van der Waals surface area (Å²) in [5.74, 6) is -0.130. The molecule has 0 saturated carbocycles. The van der Waals surface area contributed by atoms with Crippen LogP contribution in [0.4, 0.5) is 5.69 Å². The molecular weight excluding hydrogens is 434 g/mol. The molecule has 0 unspecified atom stereocenters. The van der Waals surface area contributed by atoms with E-state index in [4.69, 9.17) is 0 Å². The second kappa shape index (κ2) is 9.87. The third kappa shape index (κ3) is 5.40. The van der Waals surface area contributed by atoms with E-state index in [-0.39, 0.29) is 17.6 Å². The molecule has 4 rings (SSSR count). The van der Waals surface area contributed by atoms with Gasteiger partial charge in [0.1, 0.15) is 0 Å². The van der Waals surface area contributed by atoms with E-state index in [0.29, 0.717) is 22.9 Å². The molecule has 0 saturated heterocycles. The number of aryl methyl sites for hydroxylation is 3. The molecule has 0 aliphatic carbocycles. The number of thioether (sulfide) groups is 1. The van der Waals surface area contributed by atoms with Crippen LogP contribution in [-0.4, -0.2) is 32.2 Å². The molecule has 8 heteroatoms. The van der Waals surface area contributed by atoms with Gasteiger partial charge in [0, 0.05) is 18.4 Å². The first-order valence-electron chi connectivity index (χ1n) is 10.6. The average Bonchev–Trinajstić information content (AvgIpc) is 3.21. The standard InChI is InChI=1S/C25H25N5O2S/c1-16-11-17(2)23(18(3)12-16)27-22(31)15-33-25-29-28-21-10-9-20(14-30(21)25)24(32)26-13-19-7-5-4-6-8-19/h4-12,14H,13,15H2,1-3H3,(H,26,32)(H,27,31). The van der Waals surface area contributed by atoms with Gasteiger partial charge >= 0.3 is 0 Å². The van der Waals surface area contributed by atoms with Crippen molar-refractivity contribution in [3.8, 4) is 0 Å². The molecule has 0 atom stereocenters. The van der Waals surface area contributed by atoms with Gasteiger partial charge in [0.15, 0.2) is 10.8 Å². The average molecular weight is 460 g/mol. The van der Waals surface area contributed by atoms with E-state index in [1.807, 2.05) is 63.2 Å². The van der Waals surface area contributed by atoms with E-state index in [9.17, 15) is 9.59 Å². The zero-order valence-corrected chi connectivity index (χ0v) is 19.6. The van der Waals surface area contributed by atoms with Crippen molar-refractivity contribution in [1.29, 1.82) is 0 Å². The molecule has 7 nitrogen and oxygen atoms in total. The number of amides is 2. The quantitative estimate of drug-likeness (QED) is 0.402. The number of nitrogens with one attached hydrogen (secondary N) is 2. The molecule has 0 fully saturated rings. The normalized spacial score (nSPS) is 10.9. The fraction of sp³-hybridized carbons (Fsp3) is 0.200. The maximum atomic E-state index is 12.6. The number of aromatic nitrogens is 3. The summed E-state index contributed by atoms with van der Waals surface area (Å²) < 4.78 is 1.73. The molecule has 0 aliphatic heterocycles. The van der Waals surface area contributed by atoms with E-state index in [1.54, 1.807) is 22.7 Å². The number of nitrogens with zero attached hydrogens (tertiary/aromatic N) is 3. The largest absolute Gasteiger partial charge is 0.348 e. The van der Waals surface area contributed by atoms with Gasteiger partial charge in [0.05, 0.1) is 11.3 Å². The maximum absolute atomic E-state index is 12.6. The highest BCUT2D eigenvalue weighted by Gasteiger charge is 2.14. The first-order valence-corrected chi connectivity index (χ1v) is 11.6. The number of hydrogen-bond acceptors (Lipinski definition) is 5. The van der Waals surface area contributed by atoms with Crippen LogP contribution in [0.15, 0.2) is 66.0 Å². The summed E-state index contributed by atoms with van der Waals surface area (Å²) >= 11 is 1.28. The third-order valence-corrected chi connectivity index (χ3v) is 6.15. The van der Waals surface area contributed by atoms with Gasteiger partial charge in [-0.05, 0) is 49.6 Å². The molecule has 2 amide bonds. The SMILES string of the molecule is Cc1cc(C)c(NC(=O)CSc2nnc3ccc(C(=O)NCc4ccccc4)cn23)c(C)c1. The summed E-state index contributed by atoms with van der Waals surface area (Å²) in [6.45, 7) is 6.45. The number of hydrogen-bond donors (Lipinski definition) is 2. The topological polar surface area (TPSA) is 88.4 Å². The van der Waals surface area contributed by atoms with Crippen LogP contribution >= 0.6 is 11.8 Å². The maximum Gasteiger partial charge on any atom is 0.253 e. The minimum atomic E-state index is -0.187. The smallest absolute Gasteiger partial charge is 0.253 e.